The molecule has 5 heteroatoms. The van der Waals surface area contributed by atoms with Gasteiger partial charge in [-0.15, -0.1) is 12.4 Å². The fourth-order valence-electron chi connectivity index (χ4n) is 1.45. The molecule has 1 aromatic rings. The number of nitrogens with two attached hydrogens (primary N) is 1. The van der Waals surface area contributed by atoms with Crippen LogP contribution in [0.25, 0.3) is 0 Å². The molecule has 0 saturated carbocycles. The summed E-state index contributed by atoms with van der Waals surface area (Å²) in [6, 6.07) is 4.67. The van der Waals surface area contributed by atoms with Crippen molar-refractivity contribution in [3.63, 3.8) is 0 Å². The SMILES string of the molecule is CCC[C@@H](O)[C@@H](N)c1ccc(Cl)cc1Cl.Cl. The van der Waals surface area contributed by atoms with Crippen LogP contribution >= 0.6 is 35.6 Å². The van der Waals surface area contributed by atoms with E-state index < -0.39 is 12.1 Å². The molecule has 0 saturated heterocycles. The van der Waals surface area contributed by atoms with Crippen molar-refractivity contribution in [1.29, 1.82) is 0 Å². The lowest BCUT2D eigenvalue weighted by Gasteiger charge is -2.19. The van der Waals surface area contributed by atoms with Gasteiger partial charge < -0.3 is 10.8 Å². The summed E-state index contributed by atoms with van der Waals surface area (Å²) in [5, 5.41) is 10.8. The molecular weight excluding hydrogens is 268 g/mol. The van der Waals surface area contributed by atoms with Crippen LogP contribution in [0.5, 0.6) is 0 Å². The van der Waals surface area contributed by atoms with Gasteiger partial charge in [0.15, 0.2) is 0 Å². The fraction of sp³-hybridized carbons (Fsp3) is 0.455. The van der Waals surface area contributed by atoms with Crippen molar-refractivity contribution < 1.29 is 5.11 Å². The molecule has 3 N–H and O–H groups in total. The molecule has 1 rings (SSSR count). The lowest BCUT2D eigenvalue weighted by atomic mass is 9.99. The van der Waals surface area contributed by atoms with E-state index in [0.717, 1.165) is 12.0 Å². The third-order valence-corrected chi connectivity index (χ3v) is 2.88. The second-order valence-electron chi connectivity index (χ2n) is 3.55. The number of aliphatic hydroxyl groups is 1. The molecule has 0 aliphatic carbocycles. The molecule has 2 nitrogen and oxygen atoms in total. The normalized spacial score (nSPS) is 14.1. The Balaban J connectivity index is 0.00000225. The zero-order valence-electron chi connectivity index (χ0n) is 8.99. The monoisotopic (exact) mass is 283 g/mol. The summed E-state index contributed by atoms with van der Waals surface area (Å²) in [7, 11) is 0. The van der Waals surface area contributed by atoms with Gasteiger partial charge in [-0.05, 0) is 24.1 Å². The van der Waals surface area contributed by atoms with Crippen molar-refractivity contribution in [3.8, 4) is 0 Å². The van der Waals surface area contributed by atoms with Crippen molar-refractivity contribution >= 4 is 35.6 Å². The Morgan fingerprint density at radius 3 is 2.50 bits per heavy atom. The highest BCUT2D eigenvalue weighted by atomic mass is 35.5. The van der Waals surface area contributed by atoms with Gasteiger partial charge in [-0.1, -0.05) is 42.6 Å². The minimum atomic E-state index is -0.561. The van der Waals surface area contributed by atoms with Gasteiger partial charge >= 0.3 is 0 Å². The molecule has 0 bridgehead atoms. The number of hydrogen-bond donors (Lipinski definition) is 2. The molecule has 92 valence electrons. The first kappa shape index (κ1) is 16.0. The molecule has 16 heavy (non-hydrogen) atoms. The molecule has 0 aliphatic rings. The summed E-state index contributed by atoms with van der Waals surface area (Å²) < 4.78 is 0. The third-order valence-electron chi connectivity index (χ3n) is 2.32. The van der Waals surface area contributed by atoms with Crippen LogP contribution in [0.1, 0.15) is 31.4 Å². The summed E-state index contributed by atoms with van der Waals surface area (Å²) in [4.78, 5) is 0. The quantitative estimate of drug-likeness (QED) is 0.888. The van der Waals surface area contributed by atoms with Crippen LogP contribution in [0.15, 0.2) is 18.2 Å². The van der Waals surface area contributed by atoms with Gasteiger partial charge in [-0.3, -0.25) is 0 Å². The van der Waals surface area contributed by atoms with Gasteiger partial charge in [0.05, 0.1) is 12.1 Å². The van der Waals surface area contributed by atoms with Crippen LogP contribution in [0.2, 0.25) is 10.0 Å². The van der Waals surface area contributed by atoms with Crippen LogP contribution in [-0.2, 0) is 0 Å². The molecule has 0 fully saturated rings. The molecule has 0 heterocycles. The standard InChI is InChI=1S/C11H15Cl2NO.ClH/c1-2-3-10(15)11(14)8-5-4-7(12)6-9(8)13;/h4-6,10-11,15H,2-3,14H2,1H3;1H/t10-,11+;/m1./s1. The van der Waals surface area contributed by atoms with E-state index in [4.69, 9.17) is 28.9 Å². The van der Waals surface area contributed by atoms with Crippen LogP contribution in [0.4, 0.5) is 0 Å². The van der Waals surface area contributed by atoms with Crippen LogP contribution in [-0.4, -0.2) is 11.2 Å². The number of rotatable bonds is 4. The molecule has 2 atom stereocenters. The summed E-state index contributed by atoms with van der Waals surface area (Å²) in [5.41, 5.74) is 6.64. The molecule has 0 amide bonds. The van der Waals surface area contributed by atoms with E-state index in [2.05, 4.69) is 0 Å². The summed E-state index contributed by atoms with van der Waals surface area (Å²) >= 11 is 11.8. The Hall–Kier alpha value is 0.01000. The first-order chi connectivity index (χ1) is 7.06. The van der Waals surface area contributed by atoms with E-state index >= 15 is 0 Å². The second kappa shape index (κ2) is 7.36. The smallest absolute Gasteiger partial charge is 0.0733 e. The molecule has 0 aromatic heterocycles. The van der Waals surface area contributed by atoms with Crippen molar-refractivity contribution in [1.82, 2.24) is 0 Å². The molecule has 0 aliphatic heterocycles. The Morgan fingerprint density at radius 2 is 2.00 bits per heavy atom. The van der Waals surface area contributed by atoms with Crippen molar-refractivity contribution in [2.45, 2.75) is 31.9 Å². The van der Waals surface area contributed by atoms with Crippen molar-refractivity contribution in [3.05, 3.63) is 33.8 Å². The Labute approximate surface area is 112 Å². The fourth-order valence-corrected chi connectivity index (χ4v) is 1.99. The Kier molecular flexibility index (Phi) is 7.36. The van der Waals surface area contributed by atoms with Gasteiger partial charge in [-0.2, -0.15) is 0 Å². The maximum atomic E-state index is 9.75. The second-order valence-corrected chi connectivity index (χ2v) is 4.39. The minimum Gasteiger partial charge on any atom is -0.391 e. The first-order valence-corrected chi connectivity index (χ1v) is 5.70. The largest absolute Gasteiger partial charge is 0.391 e. The molecule has 1 aromatic carbocycles. The van der Waals surface area contributed by atoms with Gasteiger partial charge in [0.1, 0.15) is 0 Å². The number of hydrogen-bond acceptors (Lipinski definition) is 2. The number of halogens is 3. The summed E-state index contributed by atoms with van der Waals surface area (Å²) in [5.74, 6) is 0. The molecule has 0 radical (unpaired) electrons. The summed E-state index contributed by atoms with van der Waals surface area (Å²) in [6.07, 6.45) is 0.994. The van der Waals surface area contributed by atoms with Gasteiger partial charge in [0.25, 0.3) is 0 Å². The van der Waals surface area contributed by atoms with Crippen molar-refractivity contribution in [2.75, 3.05) is 0 Å². The topological polar surface area (TPSA) is 46.2 Å². The maximum absolute atomic E-state index is 9.75. The highest BCUT2D eigenvalue weighted by molar-refractivity contribution is 6.35. The Bertz CT molecular complexity index is 333. The Morgan fingerprint density at radius 1 is 1.38 bits per heavy atom. The highest BCUT2D eigenvalue weighted by Gasteiger charge is 2.18. The van der Waals surface area contributed by atoms with Gasteiger partial charge in [-0.25, -0.2) is 0 Å². The van der Waals surface area contributed by atoms with E-state index in [0.29, 0.717) is 16.5 Å². The average molecular weight is 285 g/mol. The predicted octanol–water partition coefficient (Wildman–Crippen LogP) is 3.58. The maximum Gasteiger partial charge on any atom is 0.0733 e. The van der Waals surface area contributed by atoms with E-state index in [9.17, 15) is 5.11 Å². The zero-order chi connectivity index (χ0) is 11.4. The van der Waals surface area contributed by atoms with Gasteiger partial charge in [0.2, 0.25) is 0 Å². The highest BCUT2D eigenvalue weighted by Crippen LogP contribution is 2.27. The zero-order valence-corrected chi connectivity index (χ0v) is 11.3. The van der Waals surface area contributed by atoms with Crippen molar-refractivity contribution in [2.24, 2.45) is 5.73 Å². The van der Waals surface area contributed by atoms with E-state index in [1.54, 1.807) is 18.2 Å². The van der Waals surface area contributed by atoms with E-state index in [-0.39, 0.29) is 12.4 Å². The molecule has 0 spiro atoms. The van der Waals surface area contributed by atoms with Crippen LogP contribution in [0.3, 0.4) is 0 Å². The summed E-state index contributed by atoms with van der Waals surface area (Å²) in [6.45, 7) is 2.00. The predicted molar refractivity (Wildman–Crippen MR) is 71.6 cm³/mol. The van der Waals surface area contributed by atoms with Crippen LogP contribution < -0.4 is 5.73 Å². The van der Waals surface area contributed by atoms with E-state index in [1.807, 2.05) is 6.92 Å². The molecular formula is C11H16Cl3NO. The van der Waals surface area contributed by atoms with Gasteiger partial charge in [0, 0.05) is 10.0 Å². The lowest BCUT2D eigenvalue weighted by molar-refractivity contribution is 0.134. The minimum absolute atomic E-state index is 0. The van der Waals surface area contributed by atoms with E-state index in [1.165, 1.54) is 0 Å². The third kappa shape index (κ3) is 4.11. The number of aliphatic hydroxyl groups excluding tert-OH is 1. The lowest BCUT2D eigenvalue weighted by Crippen LogP contribution is -2.26. The average Bonchev–Trinajstić information content (AvgIpc) is 2.17. The first-order valence-electron chi connectivity index (χ1n) is 4.94. The van der Waals surface area contributed by atoms with Crippen LogP contribution in [0, 0.1) is 0 Å². The molecule has 0 unspecified atom stereocenters. The number of benzene rings is 1.